The zero-order valence-electron chi connectivity index (χ0n) is 18.5. The summed E-state index contributed by atoms with van der Waals surface area (Å²) in [5, 5.41) is 7.37. The van der Waals surface area contributed by atoms with Crippen molar-refractivity contribution in [1.82, 2.24) is 9.78 Å². The first-order chi connectivity index (χ1) is 16.0. The number of anilines is 2. The topological polar surface area (TPSA) is 85.7 Å². The van der Waals surface area contributed by atoms with Gasteiger partial charge in [-0.05, 0) is 49.2 Å². The predicted octanol–water partition coefficient (Wildman–Crippen LogP) is 3.24. The number of hydrogen-bond acceptors (Lipinski definition) is 6. The summed E-state index contributed by atoms with van der Waals surface area (Å²) in [6, 6.07) is 14.0. The molecule has 9 heteroatoms. The summed E-state index contributed by atoms with van der Waals surface area (Å²) in [5.41, 5.74) is 0.610. The van der Waals surface area contributed by atoms with Gasteiger partial charge >= 0.3 is 0 Å². The van der Waals surface area contributed by atoms with Crippen LogP contribution in [0.15, 0.2) is 59.4 Å². The van der Waals surface area contributed by atoms with Crippen molar-refractivity contribution in [3.63, 3.8) is 0 Å². The molecule has 0 bridgehead atoms. The molecule has 1 atom stereocenters. The van der Waals surface area contributed by atoms with Crippen molar-refractivity contribution in [1.29, 1.82) is 0 Å². The molecular weight excluding hydrogens is 427 g/mol. The summed E-state index contributed by atoms with van der Waals surface area (Å²) in [7, 11) is 3.09. The average molecular weight is 452 g/mol. The number of carbonyl (C=O) groups excluding carboxylic acids is 1. The van der Waals surface area contributed by atoms with Crippen molar-refractivity contribution in [2.24, 2.45) is 5.92 Å². The highest BCUT2D eigenvalue weighted by atomic mass is 19.1. The third-order valence-corrected chi connectivity index (χ3v) is 5.61. The van der Waals surface area contributed by atoms with Gasteiger partial charge in [0.1, 0.15) is 11.6 Å². The summed E-state index contributed by atoms with van der Waals surface area (Å²) in [6.07, 6.45) is 1.53. The van der Waals surface area contributed by atoms with E-state index in [0.29, 0.717) is 41.8 Å². The zero-order chi connectivity index (χ0) is 23.4. The Kier molecular flexibility index (Phi) is 6.58. The summed E-state index contributed by atoms with van der Waals surface area (Å²) in [5.74, 6) is 0.857. The molecule has 1 amide bonds. The first-order valence-electron chi connectivity index (χ1n) is 10.6. The van der Waals surface area contributed by atoms with Gasteiger partial charge in [-0.25, -0.2) is 4.39 Å². The fourth-order valence-corrected chi connectivity index (χ4v) is 3.92. The molecule has 1 N–H and O–H groups in total. The van der Waals surface area contributed by atoms with Crippen LogP contribution in [0.5, 0.6) is 11.5 Å². The van der Waals surface area contributed by atoms with E-state index in [9.17, 15) is 14.0 Å². The number of aromatic nitrogens is 2. The molecule has 1 aromatic heterocycles. The quantitative estimate of drug-likeness (QED) is 0.618. The van der Waals surface area contributed by atoms with Crippen molar-refractivity contribution in [3.8, 4) is 17.2 Å². The molecule has 1 aliphatic heterocycles. The summed E-state index contributed by atoms with van der Waals surface area (Å²) >= 11 is 0. The number of methoxy groups -OCH3 is 2. The molecule has 33 heavy (non-hydrogen) atoms. The smallest absolute Gasteiger partial charge is 0.271 e. The van der Waals surface area contributed by atoms with Gasteiger partial charge in [-0.3, -0.25) is 9.59 Å². The molecule has 2 heterocycles. The van der Waals surface area contributed by atoms with Crippen molar-refractivity contribution >= 4 is 17.4 Å². The van der Waals surface area contributed by atoms with Crippen LogP contribution in [0.3, 0.4) is 0 Å². The largest absolute Gasteiger partial charge is 0.493 e. The van der Waals surface area contributed by atoms with Crippen LogP contribution in [0, 0.1) is 11.7 Å². The highest BCUT2D eigenvalue weighted by Gasteiger charge is 2.27. The fourth-order valence-electron chi connectivity index (χ4n) is 3.92. The highest BCUT2D eigenvalue weighted by molar-refractivity contribution is 5.93. The van der Waals surface area contributed by atoms with E-state index in [0.717, 1.165) is 12.8 Å². The number of carbonyl (C=O) groups is 1. The second-order valence-electron chi connectivity index (χ2n) is 7.77. The van der Waals surface area contributed by atoms with Crippen molar-refractivity contribution in [3.05, 3.63) is 70.8 Å². The Hall–Kier alpha value is -3.88. The van der Waals surface area contributed by atoms with E-state index >= 15 is 0 Å². The molecule has 0 radical (unpaired) electrons. The first-order valence-corrected chi connectivity index (χ1v) is 10.6. The molecule has 1 aliphatic rings. The third kappa shape index (κ3) is 4.97. The summed E-state index contributed by atoms with van der Waals surface area (Å²) < 4.78 is 25.3. The number of ether oxygens (including phenoxy) is 2. The maximum Gasteiger partial charge on any atom is 0.271 e. The standard InChI is InChI=1S/C24H25FN4O4/c1-32-20-9-8-18(14-21(20)33-2)26-24(31)16-5-4-12-28(15-16)22-10-11-23(30)29(27-22)19-7-3-6-17(25)13-19/h3,6-11,13-14,16H,4-5,12,15H2,1-2H3,(H,26,31). The van der Waals surface area contributed by atoms with Gasteiger partial charge in [0, 0.05) is 30.9 Å². The Morgan fingerprint density at radius 2 is 1.91 bits per heavy atom. The van der Waals surface area contributed by atoms with Crippen LogP contribution in [0.2, 0.25) is 0 Å². The lowest BCUT2D eigenvalue weighted by Crippen LogP contribution is -2.41. The zero-order valence-corrected chi connectivity index (χ0v) is 18.5. The maximum atomic E-state index is 13.6. The van der Waals surface area contributed by atoms with Crippen LogP contribution in [-0.2, 0) is 4.79 Å². The maximum absolute atomic E-state index is 13.6. The number of halogens is 1. The molecule has 3 aromatic rings. The highest BCUT2D eigenvalue weighted by Crippen LogP contribution is 2.30. The number of amides is 1. The number of nitrogens with one attached hydrogen (secondary N) is 1. The minimum atomic E-state index is -0.448. The number of rotatable bonds is 6. The summed E-state index contributed by atoms with van der Waals surface area (Å²) in [4.78, 5) is 27.2. The van der Waals surface area contributed by atoms with Gasteiger partial charge in [-0.1, -0.05) is 6.07 Å². The molecular formula is C24H25FN4O4. The molecule has 0 aliphatic carbocycles. The number of piperidine rings is 1. The van der Waals surface area contributed by atoms with Crippen LogP contribution in [-0.4, -0.2) is 43.0 Å². The van der Waals surface area contributed by atoms with Crippen molar-refractivity contribution in [2.75, 3.05) is 37.5 Å². The minimum Gasteiger partial charge on any atom is -0.493 e. The van der Waals surface area contributed by atoms with E-state index in [-0.39, 0.29) is 17.4 Å². The van der Waals surface area contributed by atoms with Gasteiger partial charge in [0.15, 0.2) is 11.5 Å². The third-order valence-electron chi connectivity index (χ3n) is 5.61. The Bertz CT molecular complexity index is 1210. The van der Waals surface area contributed by atoms with Crippen LogP contribution < -0.4 is 25.2 Å². The fraction of sp³-hybridized carbons (Fsp3) is 0.292. The second-order valence-corrected chi connectivity index (χ2v) is 7.77. The number of benzene rings is 2. The van der Waals surface area contributed by atoms with E-state index in [2.05, 4.69) is 10.4 Å². The van der Waals surface area contributed by atoms with Crippen LogP contribution in [0.4, 0.5) is 15.9 Å². The number of hydrogen-bond donors (Lipinski definition) is 1. The van der Waals surface area contributed by atoms with Crippen LogP contribution >= 0.6 is 0 Å². The van der Waals surface area contributed by atoms with Gasteiger partial charge in [0.2, 0.25) is 5.91 Å². The molecule has 4 rings (SSSR count). The SMILES string of the molecule is COc1ccc(NC(=O)C2CCCN(c3ccc(=O)n(-c4cccc(F)c4)n3)C2)cc1OC. The van der Waals surface area contributed by atoms with E-state index in [1.165, 1.54) is 28.9 Å². The Morgan fingerprint density at radius 3 is 2.67 bits per heavy atom. The lowest BCUT2D eigenvalue weighted by atomic mass is 9.97. The van der Waals surface area contributed by atoms with Gasteiger partial charge < -0.3 is 19.7 Å². The lowest BCUT2D eigenvalue weighted by Gasteiger charge is -2.33. The second kappa shape index (κ2) is 9.72. The molecule has 172 valence electrons. The van der Waals surface area contributed by atoms with E-state index < -0.39 is 5.82 Å². The Morgan fingerprint density at radius 1 is 1.09 bits per heavy atom. The minimum absolute atomic E-state index is 0.106. The molecule has 1 fully saturated rings. The monoisotopic (exact) mass is 452 g/mol. The van der Waals surface area contributed by atoms with E-state index in [1.54, 1.807) is 44.6 Å². The molecule has 0 saturated carbocycles. The van der Waals surface area contributed by atoms with Crippen LogP contribution in [0.1, 0.15) is 12.8 Å². The van der Waals surface area contributed by atoms with Crippen LogP contribution in [0.25, 0.3) is 5.69 Å². The van der Waals surface area contributed by atoms with E-state index in [1.807, 2.05) is 4.90 Å². The average Bonchev–Trinajstić information content (AvgIpc) is 2.84. The Balaban J connectivity index is 1.50. The normalized spacial score (nSPS) is 15.7. The lowest BCUT2D eigenvalue weighted by molar-refractivity contribution is -0.120. The molecule has 1 unspecified atom stereocenters. The molecule has 8 nitrogen and oxygen atoms in total. The predicted molar refractivity (Wildman–Crippen MR) is 123 cm³/mol. The van der Waals surface area contributed by atoms with Gasteiger partial charge in [0.25, 0.3) is 5.56 Å². The molecule has 1 saturated heterocycles. The van der Waals surface area contributed by atoms with E-state index in [4.69, 9.17) is 9.47 Å². The Labute approximate surface area is 190 Å². The van der Waals surface area contributed by atoms with Crippen molar-refractivity contribution < 1.29 is 18.7 Å². The van der Waals surface area contributed by atoms with Gasteiger partial charge in [-0.15, -0.1) is 5.10 Å². The van der Waals surface area contributed by atoms with Gasteiger partial charge in [0.05, 0.1) is 25.8 Å². The van der Waals surface area contributed by atoms with Gasteiger partial charge in [-0.2, -0.15) is 4.68 Å². The molecule has 0 spiro atoms. The summed E-state index contributed by atoms with van der Waals surface area (Å²) in [6.45, 7) is 1.15. The van der Waals surface area contributed by atoms with Crippen molar-refractivity contribution in [2.45, 2.75) is 12.8 Å². The first kappa shape index (κ1) is 22.3. The number of nitrogens with zero attached hydrogens (tertiary/aromatic N) is 3. The molecule has 2 aromatic carbocycles.